The molecule has 0 saturated carbocycles. The average molecular weight is 268 g/mol. The minimum Gasteiger partial charge on any atom is -0.330 e. The Hall–Kier alpha value is -0.870. The van der Waals surface area contributed by atoms with Gasteiger partial charge in [0.05, 0.1) is 5.52 Å². The average Bonchev–Trinajstić information content (AvgIpc) is 2.52. The molecule has 0 aromatic carbocycles. The van der Waals surface area contributed by atoms with Gasteiger partial charge in [0.15, 0.2) is 0 Å². The maximum Gasteiger partial charge on any atom is 0.132 e. The van der Waals surface area contributed by atoms with Crippen molar-refractivity contribution in [3.05, 3.63) is 34.3 Å². The lowest BCUT2D eigenvalue weighted by Gasteiger charge is -2.01. The number of hydrogen-bond acceptors (Lipinski definition) is 2. The molecule has 15 heavy (non-hydrogen) atoms. The van der Waals surface area contributed by atoms with Crippen molar-refractivity contribution < 1.29 is 0 Å². The number of rotatable bonds is 3. The first-order chi connectivity index (χ1) is 7.22. The second-order valence-electron chi connectivity index (χ2n) is 3.67. The number of nitrogens with two attached hydrogens (primary N) is 1. The second kappa shape index (κ2) is 4.33. The molecule has 3 nitrogen and oxygen atoms in total. The molecule has 0 aliphatic carbocycles. The summed E-state index contributed by atoms with van der Waals surface area (Å²) in [4.78, 5) is 4.49. The Bertz CT molecular complexity index is 476. The Labute approximate surface area is 97.4 Å². The van der Waals surface area contributed by atoms with E-state index in [1.165, 1.54) is 5.56 Å². The highest BCUT2D eigenvalue weighted by atomic mass is 79.9. The van der Waals surface area contributed by atoms with Crippen molar-refractivity contribution in [1.82, 2.24) is 9.38 Å². The van der Waals surface area contributed by atoms with Crippen LogP contribution in [0, 0.1) is 6.92 Å². The van der Waals surface area contributed by atoms with Crippen molar-refractivity contribution in [2.75, 3.05) is 6.54 Å². The molecule has 0 spiro atoms. The van der Waals surface area contributed by atoms with Gasteiger partial charge in [0.2, 0.25) is 0 Å². The Morgan fingerprint density at radius 2 is 2.27 bits per heavy atom. The van der Waals surface area contributed by atoms with Crippen molar-refractivity contribution in [3.8, 4) is 0 Å². The highest BCUT2D eigenvalue weighted by molar-refractivity contribution is 9.10. The molecule has 80 valence electrons. The zero-order valence-corrected chi connectivity index (χ0v) is 10.3. The lowest BCUT2D eigenvalue weighted by molar-refractivity contribution is 0.776. The number of aromatic nitrogens is 2. The predicted molar refractivity (Wildman–Crippen MR) is 65.0 cm³/mol. The molecule has 0 radical (unpaired) electrons. The van der Waals surface area contributed by atoms with E-state index < -0.39 is 0 Å². The summed E-state index contributed by atoms with van der Waals surface area (Å²) in [7, 11) is 0. The highest BCUT2D eigenvalue weighted by Gasteiger charge is 2.07. The largest absolute Gasteiger partial charge is 0.330 e. The second-order valence-corrected chi connectivity index (χ2v) is 4.42. The van der Waals surface area contributed by atoms with E-state index >= 15 is 0 Å². The third-order valence-corrected chi connectivity index (χ3v) is 3.00. The molecule has 2 rings (SSSR count). The van der Waals surface area contributed by atoms with Crippen molar-refractivity contribution >= 4 is 21.4 Å². The summed E-state index contributed by atoms with van der Waals surface area (Å²) in [5.41, 5.74) is 7.86. The third kappa shape index (κ3) is 2.06. The first kappa shape index (κ1) is 10.6. The lowest BCUT2D eigenvalue weighted by atomic mass is 10.3. The maximum absolute atomic E-state index is 5.51. The maximum atomic E-state index is 5.51. The van der Waals surface area contributed by atoms with E-state index in [4.69, 9.17) is 5.73 Å². The number of hydrogen-bond donors (Lipinski definition) is 1. The van der Waals surface area contributed by atoms with Gasteiger partial charge in [-0.15, -0.1) is 0 Å². The van der Waals surface area contributed by atoms with Gasteiger partial charge in [-0.3, -0.25) is 0 Å². The fourth-order valence-electron chi connectivity index (χ4n) is 1.65. The molecule has 0 fully saturated rings. The predicted octanol–water partition coefficient (Wildman–Crippen LogP) is 2.30. The quantitative estimate of drug-likeness (QED) is 0.928. The van der Waals surface area contributed by atoms with Crippen LogP contribution < -0.4 is 5.73 Å². The molecule has 0 atom stereocenters. The first-order valence-corrected chi connectivity index (χ1v) is 5.85. The van der Waals surface area contributed by atoms with Gasteiger partial charge in [0.25, 0.3) is 0 Å². The molecule has 0 unspecified atom stereocenters. The molecule has 0 aliphatic heterocycles. The van der Waals surface area contributed by atoms with Crippen LogP contribution in [0.2, 0.25) is 0 Å². The molecule has 0 aliphatic rings. The van der Waals surface area contributed by atoms with E-state index in [9.17, 15) is 0 Å². The fourth-order valence-corrected chi connectivity index (χ4v) is 2.18. The Morgan fingerprint density at radius 1 is 1.47 bits per heavy atom. The van der Waals surface area contributed by atoms with Crippen molar-refractivity contribution in [2.24, 2.45) is 5.73 Å². The molecule has 2 aromatic heterocycles. The van der Waals surface area contributed by atoms with Crippen LogP contribution in [0.1, 0.15) is 17.8 Å². The third-order valence-electron chi connectivity index (χ3n) is 2.42. The molecule has 4 heteroatoms. The summed E-state index contributed by atoms with van der Waals surface area (Å²) in [6, 6.07) is 4.17. The number of imidazole rings is 1. The Balaban J connectivity index is 2.49. The summed E-state index contributed by atoms with van der Waals surface area (Å²) in [5.74, 6) is 1.08. The zero-order chi connectivity index (χ0) is 10.8. The Morgan fingerprint density at radius 3 is 3.00 bits per heavy atom. The summed E-state index contributed by atoms with van der Waals surface area (Å²) in [6.45, 7) is 2.79. The summed E-state index contributed by atoms with van der Waals surface area (Å²) in [5, 5.41) is 0. The summed E-state index contributed by atoms with van der Waals surface area (Å²) in [6.07, 6.45) is 4.01. The number of nitrogens with zero attached hydrogens (tertiary/aromatic N) is 2. The number of pyridine rings is 1. The fraction of sp³-hybridized carbons (Fsp3) is 0.364. The van der Waals surface area contributed by atoms with Crippen LogP contribution in [0.25, 0.3) is 5.52 Å². The minimum atomic E-state index is 0.707. The van der Waals surface area contributed by atoms with Crippen LogP contribution in [0.15, 0.2) is 22.9 Å². The van der Waals surface area contributed by atoms with E-state index in [1.807, 2.05) is 0 Å². The SMILES string of the molecule is Cc1ccc2c(Br)nc(CCCN)n2c1. The van der Waals surface area contributed by atoms with Gasteiger partial charge in [-0.2, -0.15) is 0 Å². The van der Waals surface area contributed by atoms with Crippen LogP contribution in [0.4, 0.5) is 0 Å². The molecule has 2 heterocycles. The monoisotopic (exact) mass is 267 g/mol. The molecule has 2 aromatic rings. The summed E-state index contributed by atoms with van der Waals surface area (Å²) < 4.78 is 3.05. The normalized spacial score (nSPS) is 11.1. The first-order valence-electron chi connectivity index (χ1n) is 5.05. The highest BCUT2D eigenvalue weighted by Crippen LogP contribution is 2.20. The van der Waals surface area contributed by atoms with Gasteiger partial charge in [-0.1, -0.05) is 6.07 Å². The van der Waals surface area contributed by atoms with Crippen LogP contribution in [0.5, 0.6) is 0 Å². The van der Waals surface area contributed by atoms with Crippen molar-refractivity contribution in [2.45, 2.75) is 19.8 Å². The molecular weight excluding hydrogens is 254 g/mol. The van der Waals surface area contributed by atoms with Crippen LogP contribution in [-0.2, 0) is 6.42 Å². The topological polar surface area (TPSA) is 43.3 Å². The van der Waals surface area contributed by atoms with Gasteiger partial charge < -0.3 is 10.1 Å². The van der Waals surface area contributed by atoms with Crippen LogP contribution >= 0.6 is 15.9 Å². The van der Waals surface area contributed by atoms with Gasteiger partial charge in [-0.05, 0) is 47.4 Å². The summed E-state index contributed by atoms with van der Waals surface area (Å²) >= 11 is 3.47. The standard InChI is InChI=1S/C11H14BrN3/c1-8-4-5-9-11(12)14-10(3-2-6-13)15(9)7-8/h4-5,7H,2-3,6,13H2,1H3. The van der Waals surface area contributed by atoms with Gasteiger partial charge in [0.1, 0.15) is 10.4 Å². The van der Waals surface area contributed by atoms with Gasteiger partial charge in [0, 0.05) is 12.6 Å². The number of fused-ring (bicyclic) bond motifs is 1. The molecule has 0 amide bonds. The molecule has 2 N–H and O–H groups in total. The van der Waals surface area contributed by atoms with E-state index in [0.717, 1.165) is 28.8 Å². The number of halogens is 1. The van der Waals surface area contributed by atoms with Crippen molar-refractivity contribution in [3.63, 3.8) is 0 Å². The van der Waals surface area contributed by atoms with Gasteiger partial charge in [-0.25, -0.2) is 4.98 Å². The molecular formula is C11H14BrN3. The van der Waals surface area contributed by atoms with E-state index in [-0.39, 0.29) is 0 Å². The van der Waals surface area contributed by atoms with Crippen LogP contribution in [-0.4, -0.2) is 15.9 Å². The van der Waals surface area contributed by atoms with E-state index in [1.54, 1.807) is 0 Å². The molecule has 0 saturated heterocycles. The lowest BCUT2D eigenvalue weighted by Crippen LogP contribution is -2.03. The minimum absolute atomic E-state index is 0.707. The smallest absolute Gasteiger partial charge is 0.132 e. The van der Waals surface area contributed by atoms with Crippen LogP contribution in [0.3, 0.4) is 0 Å². The van der Waals surface area contributed by atoms with Crippen molar-refractivity contribution in [1.29, 1.82) is 0 Å². The zero-order valence-electron chi connectivity index (χ0n) is 8.70. The molecule has 0 bridgehead atoms. The van der Waals surface area contributed by atoms with E-state index in [2.05, 4.69) is 50.6 Å². The van der Waals surface area contributed by atoms with Gasteiger partial charge >= 0.3 is 0 Å². The Kier molecular flexibility index (Phi) is 3.07. The van der Waals surface area contributed by atoms with E-state index in [0.29, 0.717) is 6.54 Å². The number of aryl methyl sites for hydroxylation is 2.